The van der Waals surface area contributed by atoms with E-state index in [1.54, 1.807) is 4.90 Å². The molecule has 1 aromatic carbocycles. The number of hydrogen-bond acceptors (Lipinski definition) is 1. The summed E-state index contributed by atoms with van der Waals surface area (Å²) in [7, 11) is 3.62. The molecule has 0 amide bonds. The normalized spacial score (nSPS) is 10.8. The Morgan fingerprint density at radius 1 is 1.25 bits per heavy atom. The summed E-state index contributed by atoms with van der Waals surface area (Å²) in [5.74, 6) is -0.752. The van der Waals surface area contributed by atoms with Gasteiger partial charge in [0.05, 0.1) is 0 Å². The summed E-state index contributed by atoms with van der Waals surface area (Å²) in [5.41, 5.74) is 0.389. The van der Waals surface area contributed by atoms with Crippen LogP contribution in [0.5, 0.6) is 0 Å². The van der Waals surface area contributed by atoms with Crippen molar-refractivity contribution in [3.05, 3.63) is 35.4 Å². The first-order valence-electron chi connectivity index (χ1n) is 3.68. The van der Waals surface area contributed by atoms with E-state index in [1.165, 1.54) is 6.07 Å². The maximum atomic E-state index is 12.9. The Hall–Kier alpha value is -0.960. The monoisotopic (exact) mass is 171 g/mol. The highest BCUT2D eigenvalue weighted by atomic mass is 19.1. The Morgan fingerprint density at radius 2 is 1.92 bits per heavy atom. The lowest BCUT2D eigenvalue weighted by molar-refractivity contribution is 0.391. The Labute approximate surface area is 70.6 Å². The van der Waals surface area contributed by atoms with E-state index in [9.17, 15) is 8.78 Å². The summed E-state index contributed by atoms with van der Waals surface area (Å²) in [6.45, 7) is 0.420. The highest BCUT2D eigenvalue weighted by Gasteiger charge is 2.03. The van der Waals surface area contributed by atoms with Gasteiger partial charge in [0.25, 0.3) is 0 Å². The van der Waals surface area contributed by atoms with Crippen LogP contribution in [0.15, 0.2) is 18.2 Å². The minimum atomic E-state index is -0.395. The summed E-state index contributed by atoms with van der Waals surface area (Å²) >= 11 is 0. The van der Waals surface area contributed by atoms with E-state index in [2.05, 4.69) is 0 Å². The number of hydrogen-bond donors (Lipinski definition) is 0. The van der Waals surface area contributed by atoms with Gasteiger partial charge in [0.2, 0.25) is 0 Å². The Bertz CT molecular complexity index is 271. The summed E-state index contributed by atoms with van der Waals surface area (Å²) in [5, 5.41) is 0. The lowest BCUT2D eigenvalue weighted by Gasteiger charge is -2.09. The maximum absolute atomic E-state index is 12.9. The lowest BCUT2D eigenvalue weighted by Crippen LogP contribution is -2.12. The largest absolute Gasteiger partial charge is 0.305 e. The molecule has 1 nitrogen and oxygen atoms in total. The van der Waals surface area contributed by atoms with Crippen molar-refractivity contribution in [1.29, 1.82) is 0 Å². The lowest BCUT2D eigenvalue weighted by atomic mass is 10.2. The molecule has 66 valence electrons. The fourth-order valence-corrected chi connectivity index (χ4v) is 1.01. The topological polar surface area (TPSA) is 3.24 Å². The Balaban J connectivity index is 2.90. The molecule has 0 spiro atoms. The van der Waals surface area contributed by atoms with E-state index in [0.717, 1.165) is 12.1 Å². The molecule has 1 rings (SSSR count). The minimum absolute atomic E-state index is 0.356. The first-order valence-corrected chi connectivity index (χ1v) is 3.68. The van der Waals surface area contributed by atoms with E-state index in [0.29, 0.717) is 12.1 Å². The third-order valence-corrected chi connectivity index (χ3v) is 1.49. The van der Waals surface area contributed by atoms with Gasteiger partial charge in [0, 0.05) is 12.1 Å². The van der Waals surface area contributed by atoms with Crippen LogP contribution < -0.4 is 0 Å². The number of halogens is 2. The second-order valence-electron chi connectivity index (χ2n) is 2.97. The van der Waals surface area contributed by atoms with E-state index < -0.39 is 5.82 Å². The highest BCUT2D eigenvalue weighted by Crippen LogP contribution is 2.10. The molecule has 3 heteroatoms. The molecule has 0 heterocycles. The predicted octanol–water partition coefficient (Wildman–Crippen LogP) is 2.03. The molecule has 12 heavy (non-hydrogen) atoms. The first kappa shape index (κ1) is 9.13. The van der Waals surface area contributed by atoms with Gasteiger partial charge in [-0.05, 0) is 32.3 Å². The quantitative estimate of drug-likeness (QED) is 0.658. The molecule has 0 saturated carbocycles. The summed E-state index contributed by atoms with van der Waals surface area (Å²) in [4.78, 5) is 1.79. The molecule has 1 aromatic rings. The van der Waals surface area contributed by atoms with Crippen LogP contribution in [0.3, 0.4) is 0 Å². The third kappa shape index (κ3) is 2.27. The van der Waals surface area contributed by atoms with Gasteiger partial charge in [0.1, 0.15) is 11.6 Å². The second-order valence-corrected chi connectivity index (χ2v) is 2.97. The molecule has 0 fully saturated rings. The molecule has 0 unspecified atom stereocenters. The van der Waals surface area contributed by atoms with Crippen molar-refractivity contribution >= 4 is 0 Å². The maximum Gasteiger partial charge on any atom is 0.127 e. The summed E-state index contributed by atoms with van der Waals surface area (Å²) in [6.07, 6.45) is 0. The number of rotatable bonds is 2. The fourth-order valence-electron chi connectivity index (χ4n) is 1.01. The standard InChI is InChI=1S/C9H11F2N/c1-12(2)6-7-5-8(10)3-4-9(7)11/h3-5H,6H2,1-2H3. The summed E-state index contributed by atoms with van der Waals surface area (Å²) < 4.78 is 25.5. The second kappa shape index (κ2) is 3.63. The summed E-state index contributed by atoms with van der Waals surface area (Å²) in [6, 6.07) is 3.48. The van der Waals surface area contributed by atoms with Gasteiger partial charge < -0.3 is 4.90 Å². The zero-order valence-electron chi connectivity index (χ0n) is 7.14. The molecule has 0 bridgehead atoms. The zero-order valence-corrected chi connectivity index (χ0v) is 7.14. The van der Waals surface area contributed by atoms with E-state index in [-0.39, 0.29) is 5.82 Å². The van der Waals surface area contributed by atoms with Crippen LogP contribution in [0.2, 0.25) is 0 Å². The molecule has 0 atom stereocenters. The van der Waals surface area contributed by atoms with E-state index in [1.807, 2.05) is 14.1 Å². The number of nitrogens with zero attached hydrogens (tertiary/aromatic N) is 1. The van der Waals surface area contributed by atoms with Crippen molar-refractivity contribution in [2.24, 2.45) is 0 Å². The molecule has 0 aliphatic carbocycles. The van der Waals surface area contributed by atoms with Gasteiger partial charge in [-0.1, -0.05) is 0 Å². The van der Waals surface area contributed by atoms with E-state index in [4.69, 9.17) is 0 Å². The molecule has 0 aliphatic heterocycles. The van der Waals surface area contributed by atoms with Crippen LogP contribution in [0, 0.1) is 11.6 Å². The van der Waals surface area contributed by atoms with Crippen molar-refractivity contribution in [2.45, 2.75) is 6.54 Å². The molecular weight excluding hydrogens is 160 g/mol. The van der Waals surface area contributed by atoms with Crippen LogP contribution in [-0.2, 0) is 6.54 Å². The van der Waals surface area contributed by atoms with Crippen LogP contribution >= 0.6 is 0 Å². The first-order chi connectivity index (χ1) is 5.59. The van der Waals surface area contributed by atoms with Crippen molar-refractivity contribution in [1.82, 2.24) is 4.90 Å². The Morgan fingerprint density at radius 3 is 2.50 bits per heavy atom. The fraction of sp³-hybridized carbons (Fsp3) is 0.333. The van der Waals surface area contributed by atoms with Crippen molar-refractivity contribution < 1.29 is 8.78 Å². The Kier molecular flexibility index (Phi) is 2.76. The van der Waals surface area contributed by atoms with Gasteiger partial charge in [-0.2, -0.15) is 0 Å². The molecule has 0 saturated heterocycles. The molecule has 0 N–H and O–H groups in total. The third-order valence-electron chi connectivity index (χ3n) is 1.49. The zero-order chi connectivity index (χ0) is 9.14. The van der Waals surface area contributed by atoms with Crippen molar-refractivity contribution in [3.63, 3.8) is 0 Å². The molecule has 0 aliphatic rings. The molecule has 0 radical (unpaired) electrons. The molecule has 0 aromatic heterocycles. The van der Waals surface area contributed by atoms with Crippen LogP contribution in [0.4, 0.5) is 8.78 Å². The smallest absolute Gasteiger partial charge is 0.127 e. The van der Waals surface area contributed by atoms with Gasteiger partial charge in [0.15, 0.2) is 0 Å². The highest BCUT2D eigenvalue weighted by molar-refractivity contribution is 5.18. The average Bonchev–Trinajstić information content (AvgIpc) is 1.96. The van der Waals surface area contributed by atoms with Crippen LogP contribution in [0.25, 0.3) is 0 Å². The predicted molar refractivity (Wildman–Crippen MR) is 43.7 cm³/mol. The number of benzene rings is 1. The van der Waals surface area contributed by atoms with E-state index >= 15 is 0 Å². The van der Waals surface area contributed by atoms with Crippen LogP contribution in [0.1, 0.15) is 5.56 Å². The van der Waals surface area contributed by atoms with Gasteiger partial charge in [-0.25, -0.2) is 8.78 Å². The minimum Gasteiger partial charge on any atom is -0.305 e. The van der Waals surface area contributed by atoms with Gasteiger partial charge in [-0.3, -0.25) is 0 Å². The van der Waals surface area contributed by atoms with Gasteiger partial charge >= 0.3 is 0 Å². The molecular formula is C9H11F2N. The van der Waals surface area contributed by atoms with Crippen molar-refractivity contribution in [3.8, 4) is 0 Å². The van der Waals surface area contributed by atoms with Crippen LogP contribution in [-0.4, -0.2) is 19.0 Å². The SMILES string of the molecule is CN(C)Cc1cc(F)ccc1F. The van der Waals surface area contributed by atoms with Gasteiger partial charge in [-0.15, -0.1) is 0 Å². The van der Waals surface area contributed by atoms with Crippen molar-refractivity contribution in [2.75, 3.05) is 14.1 Å². The average molecular weight is 171 g/mol.